The number of aliphatic hydroxyl groups is 1. The smallest absolute Gasteiger partial charge is 0.222 e. The molecule has 0 saturated carbocycles. The molecule has 0 aromatic carbocycles. The minimum atomic E-state index is -0.933. The number of rotatable bonds is 4. The number of thiophene rings is 1. The van der Waals surface area contributed by atoms with Crippen LogP contribution >= 0.6 is 22.9 Å². The molecule has 17 heavy (non-hydrogen) atoms. The van der Waals surface area contributed by atoms with Gasteiger partial charge in [0.05, 0.1) is 24.0 Å². The van der Waals surface area contributed by atoms with Crippen LogP contribution in [0.5, 0.6) is 0 Å². The molecule has 1 atom stereocenters. The van der Waals surface area contributed by atoms with Crippen molar-refractivity contribution in [3.05, 3.63) is 39.8 Å². The van der Waals surface area contributed by atoms with Gasteiger partial charge in [-0.05, 0) is 18.4 Å². The van der Waals surface area contributed by atoms with Gasteiger partial charge in [0.1, 0.15) is 5.60 Å². The van der Waals surface area contributed by atoms with Crippen molar-refractivity contribution in [2.75, 3.05) is 11.9 Å². The molecule has 0 aliphatic carbocycles. The van der Waals surface area contributed by atoms with Gasteiger partial charge in [-0.1, -0.05) is 17.7 Å². The summed E-state index contributed by atoms with van der Waals surface area (Å²) in [7, 11) is 0. The topological polar surface area (TPSA) is 58.0 Å². The highest BCUT2D eigenvalue weighted by Gasteiger charge is 2.24. The zero-order valence-corrected chi connectivity index (χ0v) is 10.8. The molecule has 0 fully saturated rings. The molecule has 0 aliphatic heterocycles. The summed E-state index contributed by atoms with van der Waals surface area (Å²) in [6.07, 6.45) is 3.02. The molecule has 0 amide bonds. The van der Waals surface area contributed by atoms with Crippen LogP contribution < -0.4 is 5.32 Å². The van der Waals surface area contributed by atoms with E-state index in [1.807, 2.05) is 17.5 Å². The van der Waals surface area contributed by atoms with Crippen molar-refractivity contribution >= 4 is 28.9 Å². The maximum Gasteiger partial charge on any atom is 0.222 e. The third-order valence-corrected chi connectivity index (χ3v) is 3.58. The Morgan fingerprint density at radius 2 is 2.18 bits per heavy atom. The van der Waals surface area contributed by atoms with Crippen LogP contribution in [0.1, 0.15) is 11.8 Å². The molecule has 90 valence electrons. The van der Waals surface area contributed by atoms with E-state index in [2.05, 4.69) is 15.3 Å². The van der Waals surface area contributed by atoms with Crippen molar-refractivity contribution < 1.29 is 5.11 Å². The van der Waals surface area contributed by atoms with Crippen LogP contribution in [0.4, 0.5) is 5.95 Å². The second kappa shape index (κ2) is 5.00. The summed E-state index contributed by atoms with van der Waals surface area (Å²) < 4.78 is 0. The fourth-order valence-electron chi connectivity index (χ4n) is 1.33. The summed E-state index contributed by atoms with van der Waals surface area (Å²) in [5.41, 5.74) is -0.933. The van der Waals surface area contributed by atoms with Crippen LogP contribution in [-0.2, 0) is 5.60 Å². The summed E-state index contributed by atoms with van der Waals surface area (Å²) in [6.45, 7) is 2.09. The van der Waals surface area contributed by atoms with Crippen LogP contribution in [0.3, 0.4) is 0 Å². The molecule has 0 aliphatic rings. The van der Waals surface area contributed by atoms with Gasteiger partial charge >= 0.3 is 0 Å². The van der Waals surface area contributed by atoms with Crippen molar-refractivity contribution in [1.82, 2.24) is 9.97 Å². The monoisotopic (exact) mass is 269 g/mol. The Balaban J connectivity index is 2.00. The molecule has 2 rings (SSSR count). The van der Waals surface area contributed by atoms with Crippen molar-refractivity contribution in [3.8, 4) is 0 Å². The van der Waals surface area contributed by atoms with Crippen molar-refractivity contribution in [2.24, 2.45) is 0 Å². The van der Waals surface area contributed by atoms with Crippen molar-refractivity contribution in [2.45, 2.75) is 12.5 Å². The van der Waals surface area contributed by atoms with E-state index in [9.17, 15) is 5.11 Å². The molecule has 0 bridgehead atoms. The lowest BCUT2D eigenvalue weighted by molar-refractivity contribution is 0.0752. The number of hydrogen-bond donors (Lipinski definition) is 2. The molecule has 4 nitrogen and oxygen atoms in total. The van der Waals surface area contributed by atoms with Gasteiger partial charge in [0.15, 0.2) is 0 Å². The van der Waals surface area contributed by atoms with Gasteiger partial charge in [-0.25, -0.2) is 9.97 Å². The first-order chi connectivity index (χ1) is 8.08. The SMILES string of the molecule is CC(O)(CNc1ncc(Cl)cn1)c1cccs1. The maximum absolute atomic E-state index is 10.3. The second-order valence-corrected chi connectivity index (χ2v) is 5.21. The highest BCUT2D eigenvalue weighted by molar-refractivity contribution is 7.10. The third-order valence-electron chi connectivity index (χ3n) is 2.26. The lowest BCUT2D eigenvalue weighted by atomic mass is 10.1. The van der Waals surface area contributed by atoms with Gasteiger partial charge in [0.25, 0.3) is 0 Å². The summed E-state index contributed by atoms with van der Waals surface area (Å²) in [6, 6.07) is 3.81. The average molecular weight is 270 g/mol. The Bertz CT molecular complexity index is 470. The van der Waals surface area contributed by atoms with E-state index < -0.39 is 5.60 Å². The highest BCUT2D eigenvalue weighted by Crippen LogP contribution is 2.25. The largest absolute Gasteiger partial charge is 0.383 e. The Kier molecular flexibility index (Phi) is 3.61. The van der Waals surface area contributed by atoms with Crippen LogP contribution in [0, 0.1) is 0 Å². The average Bonchev–Trinajstić information content (AvgIpc) is 2.82. The Labute approximate surface area is 108 Å². The van der Waals surface area contributed by atoms with E-state index in [4.69, 9.17) is 11.6 Å². The zero-order chi connectivity index (χ0) is 12.3. The second-order valence-electron chi connectivity index (χ2n) is 3.83. The predicted octanol–water partition coefficient (Wildman–Crippen LogP) is 2.51. The van der Waals surface area contributed by atoms with E-state index in [0.717, 1.165) is 4.88 Å². The van der Waals surface area contributed by atoms with E-state index in [1.54, 1.807) is 6.92 Å². The Hall–Kier alpha value is -1.17. The van der Waals surface area contributed by atoms with E-state index in [0.29, 0.717) is 17.5 Å². The molecule has 2 N–H and O–H groups in total. The molecule has 2 aromatic heterocycles. The normalized spacial score (nSPS) is 14.3. The Morgan fingerprint density at radius 1 is 1.47 bits per heavy atom. The van der Waals surface area contributed by atoms with E-state index >= 15 is 0 Å². The van der Waals surface area contributed by atoms with Crippen LogP contribution in [0.25, 0.3) is 0 Å². The van der Waals surface area contributed by atoms with Gasteiger partial charge < -0.3 is 10.4 Å². The van der Waals surface area contributed by atoms with Crippen molar-refractivity contribution in [1.29, 1.82) is 0 Å². The fraction of sp³-hybridized carbons (Fsp3) is 0.273. The van der Waals surface area contributed by atoms with Crippen LogP contribution in [-0.4, -0.2) is 21.6 Å². The number of anilines is 1. The van der Waals surface area contributed by atoms with Crippen LogP contribution in [0.2, 0.25) is 5.02 Å². The molecule has 0 spiro atoms. The minimum absolute atomic E-state index is 0.342. The lowest BCUT2D eigenvalue weighted by Gasteiger charge is -2.22. The number of hydrogen-bond acceptors (Lipinski definition) is 5. The molecular formula is C11H12ClN3OS. The fourth-order valence-corrected chi connectivity index (χ4v) is 2.21. The molecule has 1 unspecified atom stereocenters. The molecule has 0 radical (unpaired) electrons. The summed E-state index contributed by atoms with van der Waals surface area (Å²) in [5, 5.41) is 15.7. The van der Waals surface area contributed by atoms with Gasteiger partial charge in [-0.15, -0.1) is 11.3 Å². The molecule has 6 heteroatoms. The molecule has 2 heterocycles. The highest BCUT2D eigenvalue weighted by atomic mass is 35.5. The van der Waals surface area contributed by atoms with Gasteiger partial charge in [-0.3, -0.25) is 0 Å². The van der Waals surface area contributed by atoms with Gasteiger partial charge in [-0.2, -0.15) is 0 Å². The summed E-state index contributed by atoms with van der Waals surface area (Å²) in [5.74, 6) is 0.450. The van der Waals surface area contributed by atoms with E-state index in [1.165, 1.54) is 23.7 Å². The quantitative estimate of drug-likeness (QED) is 0.895. The summed E-state index contributed by atoms with van der Waals surface area (Å²) >= 11 is 7.20. The third kappa shape index (κ3) is 3.15. The van der Waals surface area contributed by atoms with Gasteiger partial charge in [0, 0.05) is 4.88 Å². The van der Waals surface area contributed by atoms with E-state index in [-0.39, 0.29) is 0 Å². The lowest BCUT2D eigenvalue weighted by Crippen LogP contribution is -2.30. The number of nitrogens with one attached hydrogen (secondary N) is 1. The molecular weight excluding hydrogens is 258 g/mol. The van der Waals surface area contributed by atoms with Crippen LogP contribution in [0.15, 0.2) is 29.9 Å². The first-order valence-electron chi connectivity index (χ1n) is 5.06. The predicted molar refractivity (Wildman–Crippen MR) is 69.4 cm³/mol. The first kappa shape index (κ1) is 12.3. The first-order valence-corrected chi connectivity index (χ1v) is 6.31. The maximum atomic E-state index is 10.3. The van der Waals surface area contributed by atoms with Crippen molar-refractivity contribution in [3.63, 3.8) is 0 Å². The minimum Gasteiger partial charge on any atom is -0.383 e. The Morgan fingerprint density at radius 3 is 2.76 bits per heavy atom. The number of aromatic nitrogens is 2. The van der Waals surface area contributed by atoms with Gasteiger partial charge in [0.2, 0.25) is 5.95 Å². The molecule has 0 saturated heterocycles. The standard InChI is InChI=1S/C11H12ClN3OS/c1-11(16,9-3-2-4-17-9)7-15-10-13-5-8(12)6-14-10/h2-6,16H,7H2,1H3,(H,13,14,15). The number of halogens is 1. The molecule has 2 aromatic rings. The zero-order valence-electron chi connectivity index (χ0n) is 9.22. The number of nitrogens with zero attached hydrogens (tertiary/aromatic N) is 2. The summed E-state index contributed by atoms with van der Waals surface area (Å²) in [4.78, 5) is 8.90.